The summed E-state index contributed by atoms with van der Waals surface area (Å²) in [7, 11) is -3.79. The Morgan fingerprint density at radius 1 is 1.57 bits per heavy atom. The fourth-order valence-electron chi connectivity index (χ4n) is 0.0304. The summed E-state index contributed by atoms with van der Waals surface area (Å²) in [6, 6.07) is 0. The second-order valence-corrected chi connectivity index (χ2v) is 3.80. The number of hydrogen-bond donors (Lipinski definition) is 0. The first-order chi connectivity index (χ1) is 3.12. The number of rotatable bonds is 2. The monoisotopic (exact) mass is 142 g/mol. The molecule has 0 N–H and O–H groups in total. The quantitative estimate of drug-likeness (QED) is 0.515. The van der Waals surface area contributed by atoms with Gasteiger partial charge in [0, 0.05) is 0 Å². The molecule has 42 valence electrons. The summed E-state index contributed by atoms with van der Waals surface area (Å²) in [4.78, 5) is 0. The van der Waals surface area contributed by atoms with Gasteiger partial charge in [-0.1, -0.05) is 0 Å². The van der Waals surface area contributed by atoms with Crippen LogP contribution in [-0.4, -0.2) is 15.5 Å². The van der Waals surface area contributed by atoms with Gasteiger partial charge in [0.25, 0.3) is 0 Å². The summed E-state index contributed by atoms with van der Waals surface area (Å²) >= 11 is 0. The van der Waals surface area contributed by atoms with Crippen molar-refractivity contribution in [2.75, 3.05) is 7.11 Å². The third kappa shape index (κ3) is 2.68. The Morgan fingerprint density at radius 2 is 2.00 bits per heavy atom. The van der Waals surface area contributed by atoms with Crippen molar-refractivity contribution in [1.82, 2.24) is 0 Å². The molecule has 0 aromatic heterocycles. The second kappa shape index (κ2) is 2.35. The first-order valence-electron chi connectivity index (χ1n) is 1.27. The van der Waals surface area contributed by atoms with Crippen molar-refractivity contribution in [2.45, 2.75) is 0 Å². The molecule has 0 radical (unpaired) electrons. The molecule has 0 bridgehead atoms. The van der Waals surface area contributed by atoms with E-state index in [1.165, 1.54) is 0 Å². The lowest BCUT2D eigenvalue weighted by Crippen LogP contribution is -1.88. The minimum Gasteiger partial charge on any atom is -0.265 e. The SMILES string of the molecule is COS(=O)(=O)P=O. The lowest BCUT2D eigenvalue weighted by molar-refractivity contribution is 0.411. The lowest BCUT2D eigenvalue weighted by Gasteiger charge is -1.81. The van der Waals surface area contributed by atoms with Gasteiger partial charge in [-0.2, -0.15) is 8.42 Å². The zero-order valence-electron chi connectivity index (χ0n) is 3.49. The summed E-state index contributed by atoms with van der Waals surface area (Å²) in [6.45, 7) is 0. The third-order valence-electron chi connectivity index (χ3n) is 0.302. The molecule has 7 heavy (non-hydrogen) atoms. The Morgan fingerprint density at radius 3 is 2.00 bits per heavy atom. The van der Waals surface area contributed by atoms with Crippen LogP contribution in [0.3, 0.4) is 0 Å². The summed E-state index contributed by atoms with van der Waals surface area (Å²) < 4.78 is 32.8. The minimum absolute atomic E-state index is 0.945. The van der Waals surface area contributed by atoms with Crippen molar-refractivity contribution in [2.24, 2.45) is 0 Å². The van der Waals surface area contributed by atoms with Gasteiger partial charge in [-0.3, -0.25) is 8.75 Å². The topological polar surface area (TPSA) is 60.4 Å². The second-order valence-electron chi connectivity index (χ2n) is 0.669. The highest BCUT2D eigenvalue weighted by atomic mass is 32.8. The standard InChI is InChI=1S/CH3O4PS/c1-5-7(3,4)6-2/h1H3. The predicted octanol–water partition coefficient (Wildman–Crippen LogP) is 0.169. The van der Waals surface area contributed by atoms with Crippen molar-refractivity contribution in [1.29, 1.82) is 0 Å². The van der Waals surface area contributed by atoms with E-state index in [9.17, 15) is 13.0 Å². The van der Waals surface area contributed by atoms with Gasteiger partial charge < -0.3 is 0 Å². The van der Waals surface area contributed by atoms with Gasteiger partial charge in [0.05, 0.1) is 7.11 Å². The van der Waals surface area contributed by atoms with Gasteiger partial charge in [-0.25, -0.2) is 0 Å². The van der Waals surface area contributed by atoms with E-state index >= 15 is 0 Å². The molecule has 0 aromatic rings. The minimum atomic E-state index is -3.74. The molecule has 0 heterocycles. The molecule has 0 unspecified atom stereocenters. The lowest BCUT2D eigenvalue weighted by atomic mass is 11.8. The largest absolute Gasteiger partial charge is 0.351 e. The molecule has 0 fully saturated rings. The maximum Gasteiger partial charge on any atom is 0.351 e. The van der Waals surface area contributed by atoms with Crippen LogP contribution in [0.5, 0.6) is 0 Å². The average molecular weight is 142 g/mol. The molecule has 0 aliphatic heterocycles. The van der Waals surface area contributed by atoms with Crippen molar-refractivity contribution < 1.29 is 17.2 Å². The van der Waals surface area contributed by atoms with Gasteiger partial charge in [-0.05, 0) is 0 Å². The van der Waals surface area contributed by atoms with Crippen LogP contribution in [0.4, 0.5) is 0 Å². The summed E-state index contributed by atoms with van der Waals surface area (Å²) in [5, 5.41) is 0. The molecule has 0 amide bonds. The summed E-state index contributed by atoms with van der Waals surface area (Å²) in [5.41, 5.74) is 0. The first kappa shape index (κ1) is 7.01. The molecule has 0 saturated heterocycles. The smallest absolute Gasteiger partial charge is 0.265 e. The molecule has 0 spiro atoms. The van der Waals surface area contributed by atoms with Crippen LogP contribution in [-0.2, 0) is 18.5 Å². The first-order valence-corrected chi connectivity index (χ1v) is 4.10. The van der Waals surface area contributed by atoms with Crippen molar-refractivity contribution >= 4 is 17.4 Å². The van der Waals surface area contributed by atoms with Gasteiger partial charge in [-0.15, -0.1) is 0 Å². The molecule has 0 aliphatic rings. The van der Waals surface area contributed by atoms with Crippen LogP contribution in [0.15, 0.2) is 0 Å². The molecule has 0 aromatic carbocycles. The Hall–Kier alpha value is 0.01000. The average Bonchev–Trinajstić information content (AvgIpc) is 1.68. The molecule has 0 rings (SSSR count). The molecule has 0 atom stereocenters. The van der Waals surface area contributed by atoms with Crippen molar-refractivity contribution in [3.05, 3.63) is 0 Å². The van der Waals surface area contributed by atoms with Gasteiger partial charge in [0.15, 0.2) is 0 Å². The van der Waals surface area contributed by atoms with Gasteiger partial charge in [0.2, 0.25) is 0 Å². The normalized spacial score (nSPS) is 12.1. The van der Waals surface area contributed by atoms with E-state index < -0.39 is 17.4 Å². The highest BCUT2D eigenvalue weighted by Gasteiger charge is 2.03. The maximum atomic E-state index is 9.82. The van der Waals surface area contributed by atoms with Crippen molar-refractivity contribution in [3.8, 4) is 0 Å². The molecule has 0 aliphatic carbocycles. The molecule has 0 saturated carbocycles. The number of hydrogen-bond acceptors (Lipinski definition) is 4. The van der Waals surface area contributed by atoms with E-state index in [1.807, 2.05) is 0 Å². The van der Waals surface area contributed by atoms with E-state index in [0.29, 0.717) is 0 Å². The Balaban J connectivity index is 4.17. The van der Waals surface area contributed by atoms with E-state index in [0.717, 1.165) is 7.11 Å². The third-order valence-corrected chi connectivity index (χ3v) is 1.90. The van der Waals surface area contributed by atoms with E-state index in [1.54, 1.807) is 0 Å². The van der Waals surface area contributed by atoms with Gasteiger partial charge in [0.1, 0.15) is 0 Å². The Labute approximate surface area is 42.6 Å². The zero-order valence-corrected chi connectivity index (χ0v) is 5.20. The molecular formula is CH3O4PS. The summed E-state index contributed by atoms with van der Waals surface area (Å²) in [5.74, 6) is 0. The van der Waals surface area contributed by atoms with E-state index in [2.05, 4.69) is 4.18 Å². The Bertz CT molecular complexity index is 145. The van der Waals surface area contributed by atoms with Crippen LogP contribution < -0.4 is 0 Å². The van der Waals surface area contributed by atoms with Crippen LogP contribution in [0.2, 0.25) is 0 Å². The van der Waals surface area contributed by atoms with Crippen molar-refractivity contribution in [3.63, 3.8) is 0 Å². The molecular weight excluding hydrogens is 139 g/mol. The van der Waals surface area contributed by atoms with Crippen LogP contribution in [0.25, 0.3) is 0 Å². The summed E-state index contributed by atoms with van der Waals surface area (Å²) in [6.07, 6.45) is 0. The molecule has 4 nitrogen and oxygen atoms in total. The highest BCUT2D eigenvalue weighted by molar-refractivity contribution is 8.36. The zero-order chi connectivity index (χ0) is 5.91. The van der Waals surface area contributed by atoms with Crippen LogP contribution in [0, 0.1) is 0 Å². The predicted molar refractivity (Wildman–Crippen MR) is 23.5 cm³/mol. The fraction of sp³-hybridized carbons (Fsp3) is 1.00. The van der Waals surface area contributed by atoms with Crippen LogP contribution in [0.1, 0.15) is 0 Å². The Kier molecular flexibility index (Phi) is 2.35. The molecule has 6 heteroatoms. The highest BCUT2D eigenvalue weighted by Crippen LogP contribution is 2.06. The van der Waals surface area contributed by atoms with Gasteiger partial charge >= 0.3 is 17.4 Å². The maximum absolute atomic E-state index is 9.82. The van der Waals surface area contributed by atoms with E-state index in [-0.39, 0.29) is 0 Å². The fourth-order valence-corrected chi connectivity index (χ4v) is 0.274. The van der Waals surface area contributed by atoms with Crippen LogP contribution >= 0.6 is 7.66 Å². The van der Waals surface area contributed by atoms with E-state index in [4.69, 9.17) is 0 Å².